The molecule has 0 saturated carbocycles. The predicted octanol–water partition coefficient (Wildman–Crippen LogP) is 2.07. The first kappa shape index (κ1) is 21.9. The number of hydrogen-bond acceptors (Lipinski definition) is 7. The molecule has 2 aliphatic rings. The minimum atomic E-state index is -1.44. The van der Waals surface area contributed by atoms with Crippen LogP contribution in [-0.4, -0.2) is 63.3 Å². The number of hydrogen-bond donors (Lipinski definition) is 4. The molecule has 8 heteroatoms. The Kier molecular flexibility index (Phi) is 6.07. The zero-order valence-corrected chi connectivity index (χ0v) is 18.1. The zero-order valence-electron chi connectivity index (χ0n) is 16.5. The van der Waals surface area contributed by atoms with Crippen LogP contribution in [0.2, 0.25) is 5.02 Å². The fourth-order valence-electron chi connectivity index (χ4n) is 4.09. The minimum Gasteiger partial charge on any atom is -0.494 e. The van der Waals surface area contributed by atoms with E-state index in [2.05, 4.69) is 0 Å². The number of ether oxygens (including phenoxy) is 2. The third-order valence-electron chi connectivity index (χ3n) is 5.81. The summed E-state index contributed by atoms with van der Waals surface area (Å²) in [5.41, 5.74) is 1.19. The van der Waals surface area contributed by atoms with Gasteiger partial charge < -0.3 is 29.9 Å². The molecule has 6 nitrogen and oxygen atoms in total. The zero-order chi connectivity index (χ0) is 21.5. The molecule has 2 aromatic rings. The molecule has 5 atom stereocenters. The van der Waals surface area contributed by atoms with Crippen molar-refractivity contribution < 1.29 is 29.9 Å². The van der Waals surface area contributed by atoms with E-state index in [0.717, 1.165) is 16.9 Å². The summed E-state index contributed by atoms with van der Waals surface area (Å²) < 4.78 is 11.6. The molecule has 30 heavy (non-hydrogen) atoms. The molecule has 2 saturated heterocycles. The van der Waals surface area contributed by atoms with Gasteiger partial charge in [0.15, 0.2) is 4.93 Å². The first-order chi connectivity index (χ1) is 14.3. The highest BCUT2D eigenvalue weighted by Crippen LogP contribution is 2.57. The standard InChI is InChI=1S/C22H25ClO6S/c1-2-28-16-6-3-13(4-7-16)9-14-10-15(5-8-17(14)23)22-20(27)18(25)19(26)21(11-24,29-22)12-30-22/h3-8,10,18-20,24-27H,2,9,11-12H2,1H3/t18-,19-,20+,21-,22+/m0/s1. The highest BCUT2D eigenvalue weighted by Gasteiger charge is 2.66. The van der Waals surface area contributed by atoms with E-state index in [1.165, 1.54) is 11.8 Å². The number of aliphatic hydroxyl groups is 4. The number of thioether (sulfide) groups is 1. The van der Waals surface area contributed by atoms with Crippen molar-refractivity contribution in [2.75, 3.05) is 19.0 Å². The third kappa shape index (κ3) is 3.52. The molecule has 0 amide bonds. The maximum Gasteiger partial charge on any atom is 0.168 e. The third-order valence-corrected chi connectivity index (χ3v) is 7.80. The summed E-state index contributed by atoms with van der Waals surface area (Å²) in [4.78, 5) is -1.29. The van der Waals surface area contributed by atoms with Gasteiger partial charge in [0.25, 0.3) is 0 Å². The molecule has 0 aliphatic carbocycles. The predicted molar refractivity (Wildman–Crippen MR) is 115 cm³/mol. The molecule has 2 bridgehead atoms. The van der Waals surface area contributed by atoms with Gasteiger partial charge in [-0.2, -0.15) is 0 Å². The second-order valence-electron chi connectivity index (χ2n) is 7.72. The molecule has 0 unspecified atom stereocenters. The van der Waals surface area contributed by atoms with Gasteiger partial charge in [-0.15, -0.1) is 11.8 Å². The average molecular weight is 453 g/mol. The van der Waals surface area contributed by atoms with E-state index in [0.29, 0.717) is 23.6 Å². The topological polar surface area (TPSA) is 99.4 Å². The SMILES string of the molecule is CCOc1ccc(Cc2cc([C@@]34O[C@@](CO)(CS3)[C@@H](O)[C@H](O)[C@H]4O)ccc2Cl)cc1. The van der Waals surface area contributed by atoms with Gasteiger partial charge in [-0.05, 0) is 48.2 Å². The summed E-state index contributed by atoms with van der Waals surface area (Å²) in [5.74, 6) is 1.05. The van der Waals surface area contributed by atoms with Crippen LogP contribution >= 0.6 is 23.4 Å². The van der Waals surface area contributed by atoms with Crippen molar-refractivity contribution >= 4 is 23.4 Å². The van der Waals surface area contributed by atoms with Gasteiger partial charge in [0, 0.05) is 10.8 Å². The van der Waals surface area contributed by atoms with Crippen molar-refractivity contribution in [2.45, 2.75) is 42.2 Å². The second kappa shape index (κ2) is 8.31. The fourth-order valence-corrected chi connectivity index (χ4v) is 5.88. The molecule has 2 fully saturated rings. The van der Waals surface area contributed by atoms with E-state index in [-0.39, 0.29) is 5.75 Å². The Morgan fingerprint density at radius 2 is 1.87 bits per heavy atom. The van der Waals surface area contributed by atoms with Crippen molar-refractivity contribution in [2.24, 2.45) is 0 Å². The summed E-state index contributed by atoms with van der Waals surface area (Å²) in [7, 11) is 0. The van der Waals surface area contributed by atoms with E-state index in [9.17, 15) is 20.4 Å². The molecule has 0 aromatic heterocycles. The molecule has 4 N–H and O–H groups in total. The number of halogens is 1. The Labute approximate surface area is 184 Å². The minimum absolute atomic E-state index is 0.246. The van der Waals surface area contributed by atoms with Gasteiger partial charge in [-0.1, -0.05) is 35.9 Å². The quantitative estimate of drug-likeness (QED) is 0.532. The van der Waals surface area contributed by atoms with Crippen molar-refractivity contribution in [3.8, 4) is 5.75 Å². The van der Waals surface area contributed by atoms with Gasteiger partial charge in [-0.25, -0.2) is 0 Å². The van der Waals surface area contributed by atoms with Crippen LogP contribution in [0.1, 0.15) is 23.6 Å². The summed E-state index contributed by atoms with van der Waals surface area (Å²) in [6, 6.07) is 13.1. The highest BCUT2D eigenvalue weighted by molar-refractivity contribution is 8.00. The van der Waals surface area contributed by atoms with Crippen LogP contribution in [0.15, 0.2) is 42.5 Å². The molecule has 2 heterocycles. The normalized spacial score (nSPS) is 32.9. The van der Waals surface area contributed by atoms with Crippen LogP contribution in [0.3, 0.4) is 0 Å². The molecular weight excluding hydrogens is 428 g/mol. The number of rotatable bonds is 6. The Balaban J connectivity index is 1.66. The lowest BCUT2D eigenvalue weighted by Gasteiger charge is -2.47. The molecular formula is C22H25ClO6S. The van der Waals surface area contributed by atoms with Crippen molar-refractivity contribution in [1.82, 2.24) is 0 Å². The molecule has 0 spiro atoms. The Morgan fingerprint density at radius 3 is 2.53 bits per heavy atom. The lowest BCUT2D eigenvalue weighted by Crippen LogP contribution is -2.65. The molecule has 162 valence electrons. The maximum atomic E-state index is 10.8. The lowest BCUT2D eigenvalue weighted by molar-refractivity contribution is -0.275. The van der Waals surface area contributed by atoms with Crippen molar-refractivity contribution in [3.63, 3.8) is 0 Å². The first-order valence-electron chi connectivity index (χ1n) is 9.85. The molecule has 0 radical (unpaired) electrons. The maximum absolute atomic E-state index is 10.8. The summed E-state index contributed by atoms with van der Waals surface area (Å²) in [6.45, 7) is 2.08. The number of aliphatic hydroxyl groups excluding tert-OH is 4. The van der Waals surface area contributed by atoms with Crippen LogP contribution < -0.4 is 4.74 Å². The van der Waals surface area contributed by atoms with Gasteiger partial charge >= 0.3 is 0 Å². The van der Waals surface area contributed by atoms with Gasteiger partial charge in [0.05, 0.1) is 13.2 Å². The second-order valence-corrected chi connectivity index (χ2v) is 9.31. The Hall–Kier alpha value is -1.32. The lowest BCUT2D eigenvalue weighted by atomic mass is 9.84. The van der Waals surface area contributed by atoms with E-state index in [1.54, 1.807) is 12.1 Å². The fraction of sp³-hybridized carbons (Fsp3) is 0.455. The highest BCUT2D eigenvalue weighted by atomic mass is 35.5. The summed E-state index contributed by atoms with van der Waals surface area (Å²) >= 11 is 7.71. The van der Waals surface area contributed by atoms with Crippen molar-refractivity contribution in [1.29, 1.82) is 0 Å². The van der Waals surface area contributed by atoms with Crippen molar-refractivity contribution in [3.05, 3.63) is 64.2 Å². The van der Waals surface area contributed by atoms with Crippen LogP contribution in [0, 0.1) is 0 Å². The van der Waals surface area contributed by atoms with E-state index in [1.807, 2.05) is 37.3 Å². The smallest absolute Gasteiger partial charge is 0.168 e. The van der Waals surface area contributed by atoms with Crippen LogP contribution in [0.4, 0.5) is 0 Å². The van der Waals surface area contributed by atoms with E-state index < -0.39 is 35.5 Å². The Morgan fingerprint density at radius 1 is 1.13 bits per heavy atom. The number of benzene rings is 2. The van der Waals surface area contributed by atoms with E-state index >= 15 is 0 Å². The average Bonchev–Trinajstić information content (AvgIpc) is 3.14. The monoisotopic (exact) mass is 452 g/mol. The van der Waals surface area contributed by atoms with Gasteiger partial charge in [0.1, 0.15) is 29.7 Å². The first-order valence-corrected chi connectivity index (χ1v) is 11.2. The summed E-state index contributed by atoms with van der Waals surface area (Å²) in [5, 5.41) is 42.0. The van der Waals surface area contributed by atoms with Crippen LogP contribution in [0.25, 0.3) is 0 Å². The van der Waals surface area contributed by atoms with Gasteiger partial charge in [0.2, 0.25) is 0 Å². The Bertz CT molecular complexity index is 909. The van der Waals surface area contributed by atoms with E-state index in [4.69, 9.17) is 21.1 Å². The van der Waals surface area contributed by atoms with Gasteiger partial charge in [-0.3, -0.25) is 0 Å². The molecule has 4 rings (SSSR count). The molecule has 2 aliphatic heterocycles. The summed E-state index contributed by atoms with van der Waals surface area (Å²) in [6.07, 6.45) is -3.62. The van der Waals surface area contributed by atoms with Crippen LogP contribution in [0.5, 0.6) is 5.75 Å². The van der Waals surface area contributed by atoms with Crippen LogP contribution in [-0.2, 0) is 16.1 Å². The number of fused-ring (bicyclic) bond motifs is 2. The molecule has 2 aromatic carbocycles. The largest absolute Gasteiger partial charge is 0.494 e.